The quantitative estimate of drug-likeness (QED) is 0.144. The summed E-state index contributed by atoms with van der Waals surface area (Å²) in [5.41, 5.74) is 17.1. The molecule has 0 unspecified atom stereocenters. The molecule has 278 valence electrons. The van der Waals surface area contributed by atoms with Crippen LogP contribution in [-0.4, -0.2) is 0 Å². The molecule has 0 bridgehead atoms. The Labute approximate surface area is 331 Å². The van der Waals surface area contributed by atoms with Gasteiger partial charge < -0.3 is 4.90 Å². The minimum absolute atomic E-state index is 0.00878. The molecule has 0 N–H and O–H groups in total. The zero-order valence-corrected chi connectivity index (χ0v) is 34.4. The van der Waals surface area contributed by atoms with Crippen LogP contribution < -0.4 is 4.90 Å². The number of rotatable bonds is 9. The van der Waals surface area contributed by atoms with E-state index in [9.17, 15) is 0 Å². The Morgan fingerprint density at radius 1 is 0.327 bits per heavy atom. The summed E-state index contributed by atoms with van der Waals surface area (Å²) >= 11 is 0. The predicted octanol–water partition coefficient (Wildman–Crippen LogP) is 15.2. The van der Waals surface area contributed by atoms with Crippen LogP contribution in [0.4, 0.5) is 17.1 Å². The van der Waals surface area contributed by atoms with Gasteiger partial charge in [0.05, 0.1) is 0 Å². The molecule has 0 aliphatic carbocycles. The molecule has 6 aromatic rings. The average molecular weight is 720 g/mol. The summed E-state index contributed by atoms with van der Waals surface area (Å²) in [6.07, 6.45) is 0. The molecule has 0 spiro atoms. The van der Waals surface area contributed by atoms with Crippen LogP contribution in [0.5, 0.6) is 0 Å². The Morgan fingerprint density at radius 2 is 0.545 bits per heavy atom. The van der Waals surface area contributed by atoms with E-state index in [-0.39, 0.29) is 16.2 Å². The van der Waals surface area contributed by atoms with Crippen molar-refractivity contribution in [3.63, 3.8) is 0 Å². The first-order valence-corrected chi connectivity index (χ1v) is 19.4. The van der Waals surface area contributed by atoms with Crippen LogP contribution in [0, 0.1) is 0 Å². The Morgan fingerprint density at radius 3 is 0.764 bits per heavy atom. The highest BCUT2D eigenvalue weighted by atomic mass is 15.1. The predicted molar refractivity (Wildman–Crippen MR) is 241 cm³/mol. The number of anilines is 3. The molecule has 0 aliphatic rings. The van der Waals surface area contributed by atoms with Crippen molar-refractivity contribution in [3.8, 4) is 0 Å². The molecule has 55 heavy (non-hydrogen) atoms. The first kappa shape index (κ1) is 39.0. The van der Waals surface area contributed by atoms with E-state index in [4.69, 9.17) is 0 Å². The summed E-state index contributed by atoms with van der Waals surface area (Å²) in [5.74, 6) is 0. The largest absolute Gasteiger partial charge is 0.311 e. The van der Waals surface area contributed by atoms with E-state index in [2.05, 4.69) is 233 Å². The second-order valence-electron chi connectivity index (χ2n) is 17.8. The molecule has 0 radical (unpaired) electrons. The topological polar surface area (TPSA) is 3.24 Å². The highest BCUT2D eigenvalue weighted by molar-refractivity contribution is 5.86. The fraction of sp³-hybridized carbons (Fsp3) is 0.222. The van der Waals surface area contributed by atoms with Crippen molar-refractivity contribution in [2.24, 2.45) is 0 Å². The molecule has 0 heterocycles. The number of hydrogen-bond donors (Lipinski definition) is 0. The fourth-order valence-electron chi connectivity index (χ4n) is 7.55. The lowest BCUT2D eigenvalue weighted by Gasteiger charge is -2.27. The van der Waals surface area contributed by atoms with Gasteiger partial charge in [0.25, 0.3) is 0 Å². The summed E-state index contributed by atoms with van der Waals surface area (Å²) in [5, 5.41) is 0. The van der Waals surface area contributed by atoms with Gasteiger partial charge in [-0.05, 0) is 119 Å². The van der Waals surface area contributed by atoms with Gasteiger partial charge in [0.15, 0.2) is 0 Å². The van der Waals surface area contributed by atoms with Crippen molar-refractivity contribution in [3.05, 3.63) is 215 Å². The molecule has 0 saturated carbocycles. The fourth-order valence-corrected chi connectivity index (χ4v) is 7.55. The normalized spacial score (nSPS) is 11.9. The molecule has 0 fully saturated rings. The maximum atomic E-state index is 4.57. The molecule has 0 saturated heterocycles. The third-order valence-electron chi connectivity index (χ3n) is 10.6. The Kier molecular flexibility index (Phi) is 10.8. The van der Waals surface area contributed by atoms with Gasteiger partial charge in [-0.15, -0.1) is 0 Å². The third-order valence-corrected chi connectivity index (χ3v) is 10.6. The Bertz CT molecular complexity index is 2060. The molecule has 0 atom stereocenters. The molecule has 6 aromatic carbocycles. The van der Waals surface area contributed by atoms with Crippen LogP contribution in [-0.2, 0) is 16.2 Å². The number of benzene rings is 6. The molecule has 1 heteroatoms. The molecular formula is C54H57N. The Hall–Kier alpha value is -5.66. The second-order valence-corrected chi connectivity index (χ2v) is 17.8. The second kappa shape index (κ2) is 15.2. The lowest BCUT2D eigenvalue weighted by atomic mass is 9.81. The van der Waals surface area contributed by atoms with Crippen LogP contribution in [0.1, 0.15) is 112 Å². The van der Waals surface area contributed by atoms with Crippen LogP contribution in [0.3, 0.4) is 0 Å². The maximum absolute atomic E-state index is 4.57. The smallest absolute Gasteiger partial charge is 0.0462 e. The van der Waals surface area contributed by atoms with Gasteiger partial charge in [0.2, 0.25) is 0 Å². The summed E-state index contributed by atoms with van der Waals surface area (Å²) in [6, 6.07) is 52.3. The van der Waals surface area contributed by atoms with Gasteiger partial charge in [-0.1, -0.05) is 191 Å². The molecule has 1 nitrogen and oxygen atoms in total. The number of hydrogen-bond acceptors (Lipinski definition) is 1. The monoisotopic (exact) mass is 719 g/mol. The standard InChI is InChI=1S/C54H57N/c1-37(46-19-13-16-22-49(46)52(4,5)6)40-25-31-43(32-26-40)55(44-33-27-41(28-34-44)38(2)47-20-14-17-23-50(47)53(7,8)9)45-35-29-42(30-36-45)39(3)48-21-15-18-24-51(48)54(10,11)12/h13-36H,1-3H2,4-12H3. The summed E-state index contributed by atoms with van der Waals surface area (Å²) in [7, 11) is 0. The van der Waals surface area contributed by atoms with Gasteiger partial charge in [-0.2, -0.15) is 0 Å². The summed E-state index contributed by atoms with van der Waals surface area (Å²) in [4.78, 5) is 2.32. The van der Waals surface area contributed by atoms with E-state index in [1.54, 1.807) is 0 Å². The number of nitrogens with zero attached hydrogens (tertiary/aromatic N) is 1. The van der Waals surface area contributed by atoms with Crippen LogP contribution in [0.15, 0.2) is 165 Å². The Balaban J connectivity index is 1.39. The van der Waals surface area contributed by atoms with Crippen molar-refractivity contribution in [1.29, 1.82) is 0 Å². The van der Waals surface area contributed by atoms with E-state index >= 15 is 0 Å². The molecule has 0 amide bonds. The van der Waals surface area contributed by atoms with E-state index in [0.717, 1.165) is 50.5 Å². The van der Waals surface area contributed by atoms with Crippen molar-refractivity contribution >= 4 is 33.8 Å². The third kappa shape index (κ3) is 8.37. The molecule has 0 aliphatic heterocycles. The van der Waals surface area contributed by atoms with Crippen LogP contribution in [0.2, 0.25) is 0 Å². The van der Waals surface area contributed by atoms with Crippen molar-refractivity contribution < 1.29 is 0 Å². The van der Waals surface area contributed by atoms with Crippen molar-refractivity contribution in [1.82, 2.24) is 0 Å². The maximum Gasteiger partial charge on any atom is 0.0462 e. The zero-order valence-electron chi connectivity index (χ0n) is 34.4. The summed E-state index contributed by atoms with van der Waals surface area (Å²) in [6.45, 7) is 34.0. The minimum atomic E-state index is 0.00878. The van der Waals surface area contributed by atoms with Crippen LogP contribution >= 0.6 is 0 Å². The summed E-state index contributed by atoms with van der Waals surface area (Å²) < 4.78 is 0. The van der Waals surface area contributed by atoms with Gasteiger partial charge in [0, 0.05) is 17.1 Å². The molecular weight excluding hydrogens is 663 g/mol. The highest BCUT2D eigenvalue weighted by Crippen LogP contribution is 2.40. The first-order valence-electron chi connectivity index (χ1n) is 19.4. The lowest BCUT2D eigenvalue weighted by Crippen LogP contribution is -2.14. The van der Waals surface area contributed by atoms with E-state index < -0.39 is 0 Å². The molecule has 6 rings (SSSR count). The SMILES string of the molecule is C=C(c1ccc(N(c2ccc(C(=C)c3ccccc3C(C)(C)C)cc2)c2ccc(C(=C)c3ccccc3C(C)(C)C)cc2)cc1)c1ccccc1C(C)(C)C. The van der Waals surface area contributed by atoms with Crippen molar-refractivity contribution in [2.75, 3.05) is 4.90 Å². The van der Waals surface area contributed by atoms with E-state index in [1.807, 2.05) is 0 Å². The van der Waals surface area contributed by atoms with Gasteiger partial charge >= 0.3 is 0 Å². The first-order chi connectivity index (χ1) is 25.9. The van der Waals surface area contributed by atoms with E-state index in [0.29, 0.717) is 0 Å². The van der Waals surface area contributed by atoms with Gasteiger partial charge in [0.1, 0.15) is 0 Å². The van der Waals surface area contributed by atoms with Gasteiger partial charge in [-0.3, -0.25) is 0 Å². The highest BCUT2D eigenvalue weighted by Gasteiger charge is 2.23. The molecule has 0 aromatic heterocycles. The van der Waals surface area contributed by atoms with Gasteiger partial charge in [-0.25, -0.2) is 0 Å². The van der Waals surface area contributed by atoms with E-state index in [1.165, 1.54) is 33.4 Å². The average Bonchev–Trinajstić information content (AvgIpc) is 3.17. The lowest BCUT2D eigenvalue weighted by molar-refractivity contribution is 0.588. The zero-order chi connectivity index (χ0) is 39.7. The van der Waals surface area contributed by atoms with Crippen LogP contribution in [0.25, 0.3) is 16.7 Å². The van der Waals surface area contributed by atoms with Crippen molar-refractivity contribution in [2.45, 2.75) is 78.6 Å². The minimum Gasteiger partial charge on any atom is -0.311 e.